The van der Waals surface area contributed by atoms with Crippen LogP contribution in [-0.4, -0.2) is 29.3 Å². The molecule has 1 heterocycles. The second-order valence-electron chi connectivity index (χ2n) is 3.52. The molecule has 0 aliphatic rings. The highest BCUT2D eigenvalue weighted by molar-refractivity contribution is 5.94. The fraction of sp³-hybridized carbons (Fsp3) is 0.636. The highest BCUT2D eigenvalue weighted by Gasteiger charge is 2.11. The maximum Gasteiger partial charge on any atom is 0.180 e. The van der Waals surface area contributed by atoms with Crippen molar-refractivity contribution < 1.29 is 9.53 Å². The van der Waals surface area contributed by atoms with Gasteiger partial charge in [0, 0.05) is 27.2 Å². The van der Waals surface area contributed by atoms with Crippen molar-refractivity contribution >= 4 is 5.78 Å². The number of Topliss-reactive ketones (excluding diaryl/α,β-unsaturated/α-hetero) is 1. The minimum Gasteiger partial charge on any atom is -0.385 e. The molecule has 1 rings (SSSR count). The fourth-order valence-electron chi connectivity index (χ4n) is 1.47. The summed E-state index contributed by atoms with van der Waals surface area (Å²) in [7, 11) is 3.45. The zero-order valence-corrected chi connectivity index (χ0v) is 9.62. The summed E-state index contributed by atoms with van der Waals surface area (Å²) in [5, 5.41) is 4.24. The van der Waals surface area contributed by atoms with E-state index in [1.165, 1.54) is 0 Å². The molecule has 15 heavy (non-hydrogen) atoms. The Morgan fingerprint density at radius 2 is 2.33 bits per heavy atom. The van der Waals surface area contributed by atoms with E-state index >= 15 is 0 Å². The third-order valence-corrected chi connectivity index (χ3v) is 2.33. The van der Waals surface area contributed by atoms with E-state index in [1.54, 1.807) is 11.8 Å². The van der Waals surface area contributed by atoms with Crippen molar-refractivity contribution in [1.29, 1.82) is 0 Å². The lowest BCUT2D eigenvalue weighted by Crippen LogP contribution is -2.07. The highest BCUT2D eigenvalue weighted by Crippen LogP contribution is 2.08. The van der Waals surface area contributed by atoms with E-state index in [0.29, 0.717) is 18.7 Å². The first-order valence-corrected chi connectivity index (χ1v) is 5.24. The first-order chi connectivity index (χ1) is 7.19. The van der Waals surface area contributed by atoms with Gasteiger partial charge in [-0.3, -0.25) is 9.48 Å². The standard InChI is InChI=1S/C11H18N2O2/c1-4-9-8-10(13(2)12-9)11(14)6-5-7-15-3/h8H,4-7H2,1-3H3. The topological polar surface area (TPSA) is 44.1 Å². The molecule has 0 atom stereocenters. The first-order valence-electron chi connectivity index (χ1n) is 5.24. The average molecular weight is 210 g/mol. The molecule has 0 amide bonds. The molecule has 0 spiro atoms. The normalized spacial score (nSPS) is 10.6. The summed E-state index contributed by atoms with van der Waals surface area (Å²) < 4.78 is 6.57. The number of nitrogens with zero attached hydrogens (tertiary/aromatic N) is 2. The van der Waals surface area contributed by atoms with Crippen LogP contribution in [0.3, 0.4) is 0 Å². The second kappa shape index (κ2) is 5.66. The van der Waals surface area contributed by atoms with Gasteiger partial charge in [0.1, 0.15) is 5.69 Å². The molecule has 0 saturated carbocycles. The zero-order valence-electron chi connectivity index (χ0n) is 9.62. The van der Waals surface area contributed by atoms with Gasteiger partial charge in [0.25, 0.3) is 0 Å². The molecular formula is C11H18N2O2. The minimum absolute atomic E-state index is 0.141. The predicted octanol–water partition coefficient (Wildman–Crippen LogP) is 1.59. The summed E-state index contributed by atoms with van der Waals surface area (Å²) in [6, 6.07) is 1.87. The van der Waals surface area contributed by atoms with E-state index in [1.807, 2.05) is 20.0 Å². The summed E-state index contributed by atoms with van der Waals surface area (Å²) in [5.41, 5.74) is 1.66. The summed E-state index contributed by atoms with van der Waals surface area (Å²) in [4.78, 5) is 11.8. The third-order valence-electron chi connectivity index (χ3n) is 2.33. The van der Waals surface area contributed by atoms with E-state index in [2.05, 4.69) is 5.10 Å². The fourth-order valence-corrected chi connectivity index (χ4v) is 1.47. The smallest absolute Gasteiger partial charge is 0.180 e. The van der Waals surface area contributed by atoms with Gasteiger partial charge in [0.15, 0.2) is 5.78 Å². The minimum atomic E-state index is 0.141. The molecular weight excluding hydrogens is 192 g/mol. The lowest BCUT2D eigenvalue weighted by atomic mass is 10.1. The molecule has 1 aromatic heterocycles. The van der Waals surface area contributed by atoms with Gasteiger partial charge in [-0.05, 0) is 18.9 Å². The SMILES string of the molecule is CCc1cc(C(=O)CCCOC)n(C)n1. The maximum atomic E-state index is 11.8. The highest BCUT2D eigenvalue weighted by atomic mass is 16.5. The number of carbonyl (C=O) groups is 1. The molecule has 0 aromatic carbocycles. The molecule has 0 aliphatic carbocycles. The Morgan fingerprint density at radius 1 is 1.60 bits per heavy atom. The zero-order chi connectivity index (χ0) is 11.3. The second-order valence-corrected chi connectivity index (χ2v) is 3.52. The van der Waals surface area contributed by atoms with Crippen LogP contribution in [0.1, 0.15) is 35.9 Å². The first kappa shape index (κ1) is 11.9. The number of aromatic nitrogens is 2. The number of aryl methyl sites for hydroxylation is 2. The van der Waals surface area contributed by atoms with Gasteiger partial charge < -0.3 is 4.74 Å². The monoisotopic (exact) mass is 210 g/mol. The molecule has 4 heteroatoms. The van der Waals surface area contributed by atoms with Gasteiger partial charge in [0.05, 0.1) is 5.69 Å². The average Bonchev–Trinajstić information content (AvgIpc) is 2.60. The van der Waals surface area contributed by atoms with E-state index in [9.17, 15) is 4.79 Å². The van der Waals surface area contributed by atoms with Crippen LogP contribution < -0.4 is 0 Å². The van der Waals surface area contributed by atoms with Gasteiger partial charge in [0.2, 0.25) is 0 Å². The summed E-state index contributed by atoms with van der Waals surface area (Å²) in [5.74, 6) is 0.141. The molecule has 0 aliphatic heterocycles. The van der Waals surface area contributed by atoms with Crippen molar-refractivity contribution in [2.45, 2.75) is 26.2 Å². The molecule has 0 unspecified atom stereocenters. The predicted molar refractivity (Wildman–Crippen MR) is 58.0 cm³/mol. The van der Waals surface area contributed by atoms with E-state index < -0.39 is 0 Å². The van der Waals surface area contributed by atoms with Crippen LogP contribution in [0, 0.1) is 0 Å². The van der Waals surface area contributed by atoms with Crippen molar-refractivity contribution in [2.24, 2.45) is 7.05 Å². The number of methoxy groups -OCH3 is 1. The number of hydrogen-bond donors (Lipinski definition) is 0. The van der Waals surface area contributed by atoms with Crippen molar-refractivity contribution in [3.8, 4) is 0 Å². The number of rotatable bonds is 6. The lowest BCUT2D eigenvalue weighted by Gasteiger charge is -2.00. The van der Waals surface area contributed by atoms with E-state index in [-0.39, 0.29) is 5.78 Å². The van der Waals surface area contributed by atoms with E-state index in [0.717, 1.165) is 18.5 Å². The Labute approximate surface area is 90.2 Å². The summed E-state index contributed by atoms with van der Waals surface area (Å²) >= 11 is 0. The molecule has 0 fully saturated rings. The Morgan fingerprint density at radius 3 is 2.87 bits per heavy atom. The van der Waals surface area contributed by atoms with E-state index in [4.69, 9.17) is 4.74 Å². The molecule has 0 N–H and O–H groups in total. The van der Waals surface area contributed by atoms with Crippen LogP contribution in [0.25, 0.3) is 0 Å². The van der Waals surface area contributed by atoms with Crippen LogP contribution in [-0.2, 0) is 18.2 Å². The quantitative estimate of drug-likeness (QED) is 0.529. The van der Waals surface area contributed by atoms with Gasteiger partial charge in [-0.15, -0.1) is 0 Å². The van der Waals surface area contributed by atoms with Crippen LogP contribution >= 0.6 is 0 Å². The van der Waals surface area contributed by atoms with Gasteiger partial charge in [-0.2, -0.15) is 5.10 Å². The Hall–Kier alpha value is -1.16. The largest absolute Gasteiger partial charge is 0.385 e. The molecule has 1 aromatic rings. The summed E-state index contributed by atoms with van der Waals surface area (Å²) in [6.07, 6.45) is 2.15. The van der Waals surface area contributed by atoms with Crippen molar-refractivity contribution in [2.75, 3.05) is 13.7 Å². The lowest BCUT2D eigenvalue weighted by molar-refractivity contribution is 0.0954. The number of ketones is 1. The third kappa shape index (κ3) is 3.16. The van der Waals surface area contributed by atoms with Crippen molar-refractivity contribution in [3.05, 3.63) is 17.5 Å². The van der Waals surface area contributed by atoms with Gasteiger partial charge in [-0.25, -0.2) is 0 Å². The molecule has 84 valence electrons. The van der Waals surface area contributed by atoms with Crippen LogP contribution in [0.4, 0.5) is 0 Å². The van der Waals surface area contributed by atoms with Crippen LogP contribution in [0.15, 0.2) is 6.07 Å². The Bertz CT molecular complexity index is 331. The number of hydrogen-bond acceptors (Lipinski definition) is 3. The Balaban J connectivity index is 2.60. The number of carbonyl (C=O) groups excluding carboxylic acids is 1. The van der Waals surface area contributed by atoms with Crippen LogP contribution in [0.2, 0.25) is 0 Å². The molecule has 0 saturated heterocycles. The van der Waals surface area contributed by atoms with Crippen LogP contribution in [0.5, 0.6) is 0 Å². The summed E-state index contributed by atoms with van der Waals surface area (Å²) in [6.45, 7) is 2.66. The maximum absolute atomic E-state index is 11.8. The molecule has 4 nitrogen and oxygen atoms in total. The Kier molecular flexibility index (Phi) is 4.49. The van der Waals surface area contributed by atoms with Gasteiger partial charge in [-0.1, -0.05) is 6.92 Å². The molecule has 0 bridgehead atoms. The molecule has 0 radical (unpaired) electrons. The number of ether oxygens (including phenoxy) is 1. The van der Waals surface area contributed by atoms with Crippen molar-refractivity contribution in [1.82, 2.24) is 9.78 Å². The van der Waals surface area contributed by atoms with Crippen molar-refractivity contribution in [3.63, 3.8) is 0 Å². The van der Waals surface area contributed by atoms with Gasteiger partial charge >= 0.3 is 0 Å².